The van der Waals surface area contributed by atoms with Gasteiger partial charge in [0.15, 0.2) is 0 Å². The number of nitrogens with one attached hydrogen (secondary N) is 1. The maximum Gasteiger partial charge on any atom is 0.141 e. The highest BCUT2D eigenvalue weighted by Gasteiger charge is 2.38. The van der Waals surface area contributed by atoms with Crippen molar-refractivity contribution in [1.29, 1.82) is 5.26 Å². The van der Waals surface area contributed by atoms with Gasteiger partial charge in [-0.1, -0.05) is 43.2 Å². The van der Waals surface area contributed by atoms with Gasteiger partial charge in [0.2, 0.25) is 0 Å². The van der Waals surface area contributed by atoms with E-state index >= 15 is 0 Å². The van der Waals surface area contributed by atoms with Crippen LogP contribution < -0.4 is 5.32 Å². The molecule has 3 rings (SSSR count). The third-order valence-electron chi connectivity index (χ3n) is 4.32. The molecule has 2 aliphatic carbocycles. The minimum Gasteiger partial charge on any atom is -0.292 e. The van der Waals surface area contributed by atoms with Gasteiger partial charge in [-0.3, -0.25) is 5.32 Å². The van der Waals surface area contributed by atoms with Crippen molar-refractivity contribution in [2.45, 2.75) is 55.4 Å². The molecule has 0 radical (unpaired) electrons. The molecule has 0 saturated heterocycles. The van der Waals surface area contributed by atoms with Crippen molar-refractivity contribution in [3.63, 3.8) is 0 Å². The summed E-state index contributed by atoms with van der Waals surface area (Å²) in [5.74, 6) is 0.870. The van der Waals surface area contributed by atoms with Crippen LogP contribution in [0.25, 0.3) is 0 Å². The zero-order valence-corrected chi connectivity index (χ0v) is 12.7. The molecule has 2 saturated carbocycles. The van der Waals surface area contributed by atoms with Crippen molar-refractivity contribution in [2.75, 3.05) is 5.75 Å². The quantitative estimate of drug-likeness (QED) is 0.863. The molecule has 0 bridgehead atoms. The molecule has 2 aliphatic rings. The maximum absolute atomic E-state index is 9.85. The summed E-state index contributed by atoms with van der Waals surface area (Å²) in [7, 11) is 0. The van der Waals surface area contributed by atoms with Gasteiger partial charge in [-0.15, -0.1) is 0 Å². The third kappa shape index (κ3) is 3.19. The Hall–Kier alpha value is -0.980. The van der Waals surface area contributed by atoms with Gasteiger partial charge in [0.25, 0.3) is 0 Å². The lowest BCUT2D eigenvalue weighted by molar-refractivity contribution is 0.469. The lowest BCUT2D eigenvalue weighted by Gasteiger charge is -2.29. The highest BCUT2D eigenvalue weighted by atomic mass is 32.2. The number of hydrogen-bond donors (Lipinski definition) is 1. The predicted molar refractivity (Wildman–Crippen MR) is 84.6 cm³/mol. The highest BCUT2D eigenvalue weighted by molar-refractivity contribution is 8.00. The van der Waals surface area contributed by atoms with E-state index in [9.17, 15) is 5.26 Å². The number of benzene rings is 1. The van der Waals surface area contributed by atoms with E-state index in [2.05, 4.69) is 23.5 Å². The number of nitrogens with zero attached hydrogens (tertiary/aromatic N) is 1. The normalized spacial score (nSPS) is 22.4. The zero-order valence-electron chi connectivity index (χ0n) is 11.8. The highest BCUT2D eigenvalue weighted by Crippen LogP contribution is 2.36. The summed E-state index contributed by atoms with van der Waals surface area (Å²) in [6.07, 6.45) is 7.79. The van der Waals surface area contributed by atoms with Crippen LogP contribution in [0.1, 0.15) is 44.1 Å². The lowest BCUT2D eigenvalue weighted by atomic mass is 9.93. The van der Waals surface area contributed by atoms with Crippen LogP contribution >= 0.6 is 11.8 Å². The largest absolute Gasteiger partial charge is 0.292 e. The van der Waals surface area contributed by atoms with Gasteiger partial charge in [0.1, 0.15) is 5.54 Å². The molecule has 3 heteroatoms. The van der Waals surface area contributed by atoms with E-state index < -0.39 is 5.54 Å². The van der Waals surface area contributed by atoms with Crippen molar-refractivity contribution in [1.82, 2.24) is 5.32 Å². The summed E-state index contributed by atoms with van der Waals surface area (Å²) in [5, 5.41) is 14.2. The van der Waals surface area contributed by atoms with Crippen molar-refractivity contribution in [3.05, 3.63) is 35.9 Å². The summed E-state index contributed by atoms with van der Waals surface area (Å²) in [4.78, 5) is 0. The molecular weight excluding hydrogens is 264 g/mol. The van der Waals surface area contributed by atoms with Crippen LogP contribution in [0.5, 0.6) is 0 Å². The lowest BCUT2D eigenvalue weighted by Crippen LogP contribution is -2.45. The summed E-state index contributed by atoms with van der Waals surface area (Å²) >= 11 is 2.00. The topological polar surface area (TPSA) is 35.8 Å². The Balaban J connectivity index is 1.76. The summed E-state index contributed by atoms with van der Waals surface area (Å²) in [6, 6.07) is 13.4. The van der Waals surface area contributed by atoms with Crippen LogP contribution in [0.15, 0.2) is 30.3 Å². The van der Waals surface area contributed by atoms with Crippen LogP contribution in [0.3, 0.4) is 0 Å². The maximum atomic E-state index is 9.85. The third-order valence-corrected chi connectivity index (χ3v) is 5.87. The first-order valence-corrected chi connectivity index (χ1v) is 8.73. The molecule has 106 valence electrons. The standard InChI is InChI=1S/C17H22N2S/c18-12-17(19-15-10-11-15,14-6-2-1-3-7-14)13-20-16-8-4-5-9-16/h1-3,6-7,15-16,19H,4-5,8-11,13H2. The second kappa shape index (κ2) is 6.20. The zero-order chi connectivity index (χ0) is 13.8. The molecule has 20 heavy (non-hydrogen) atoms. The first-order valence-electron chi connectivity index (χ1n) is 7.68. The fourth-order valence-electron chi connectivity index (χ4n) is 2.93. The van der Waals surface area contributed by atoms with Crippen LogP contribution in [0.4, 0.5) is 0 Å². The van der Waals surface area contributed by atoms with Crippen LogP contribution in [0.2, 0.25) is 0 Å². The molecular formula is C17H22N2S. The van der Waals surface area contributed by atoms with E-state index in [1.807, 2.05) is 30.0 Å². The van der Waals surface area contributed by atoms with Gasteiger partial charge in [-0.05, 0) is 31.2 Å². The Labute approximate surface area is 125 Å². The van der Waals surface area contributed by atoms with E-state index in [4.69, 9.17) is 0 Å². The van der Waals surface area contributed by atoms with Gasteiger partial charge < -0.3 is 0 Å². The molecule has 1 N–H and O–H groups in total. The predicted octanol–water partition coefficient (Wildman–Crippen LogP) is 3.83. The SMILES string of the molecule is N#CC(CSC1CCCC1)(NC1CC1)c1ccccc1. The van der Waals surface area contributed by atoms with E-state index in [1.165, 1.54) is 38.5 Å². The number of hydrogen-bond acceptors (Lipinski definition) is 3. The van der Waals surface area contributed by atoms with Crippen molar-refractivity contribution < 1.29 is 0 Å². The molecule has 1 aromatic rings. The Kier molecular flexibility index (Phi) is 4.33. The van der Waals surface area contributed by atoms with Gasteiger partial charge in [-0.25, -0.2) is 0 Å². The average molecular weight is 286 g/mol. The van der Waals surface area contributed by atoms with Gasteiger partial charge >= 0.3 is 0 Å². The van der Waals surface area contributed by atoms with Gasteiger partial charge in [-0.2, -0.15) is 17.0 Å². The Morgan fingerprint density at radius 2 is 1.85 bits per heavy atom. The first kappa shape index (κ1) is 14.0. The Morgan fingerprint density at radius 3 is 2.45 bits per heavy atom. The van der Waals surface area contributed by atoms with Crippen molar-refractivity contribution >= 4 is 11.8 Å². The monoisotopic (exact) mass is 286 g/mol. The molecule has 1 atom stereocenters. The molecule has 2 nitrogen and oxygen atoms in total. The molecule has 0 aliphatic heterocycles. The van der Waals surface area contributed by atoms with E-state index in [0.717, 1.165) is 16.6 Å². The molecule has 0 aromatic heterocycles. The van der Waals surface area contributed by atoms with E-state index in [0.29, 0.717) is 6.04 Å². The van der Waals surface area contributed by atoms with E-state index in [1.54, 1.807) is 0 Å². The fraction of sp³-hybridized carbons (Fsp3) is 0.588. The molecule has 1 unspecified atom stereocenters. The van der Waals surface area contributed by atoms with Crippen LogP contribution in [-0.2, 0) is 5.54 Å². The smallest absolute Gasteiger partial charge is 0.141 e. The van der Waals surface area contributed by atoms with E-state index in [-0.39, 0.29) is 0 Å². The molecule has 1 aromatic carbocycles. The fourth-order valence-corrected chi connectivity index (χ4v) is 4.40. The average Bonchev–Trinajstić information content (AvgIpc) is 3.16. The molecule has 0 heterocycles. The van der Waals surface area contributed by atoms with Gasteiger partial charge in [0, 0.05) is 17.0 Å². The van der Waals surface area contributed by atoms with Crippen LogP contribution in [-0.4, -0.2) is 17.0 Å². The second-order valence-corrected chi connectivity index (χ2v) is 7.31. The minimum absolute atomic E-state index is 0.504. The van der Waals surface area contributed by atoms with Gasteiger partial charge in [0.05, 0.1) is 6.07 Å². The first-order chi connectivity index (χ1) is 9.82. The molecule has 2 fully saturated rings. The van der Waals surface area contributed by atoms with Crippen LogP contribution in [0, 0.1) is 11.3 Å². The Morgan fingerprint density at radius 1 is 1.15 bits per heavy atom. The minimum atomic E-state index is -0.504. The van der Waals surface area contributed by atoms with Crippen molar-refractivity contribution in [3.8, 4) is 6.07 Å². The number of rotatable bonds is 6. The van der Waals surface area contributed by atoms with Crippen molar-refractivity contribution in [2.24, 2.45) is 0 Å². The number of thioether (sulfide) groups is 1. The molecule has 0 spiro atoms. The second-order valence-electron chi connectivity index (χ2n) is 6.02. The number of nitriles is 1. The molecule has 0 amide bonds. The summed E-state index contributed by atoms with van der Waals surface area (Å²) < 4.78 is 0. The summed E-state index contributed by atoms with van der Waals surface area (Å²) in [5.41, 5.74) is 0.621. The summed E-state index contributed by atoms with van der Waals surface area (Å²) in [6.45, 7) is 0. The Bertz CT molecular complexity index is 472.